The lowest BCUT2D eigenvalue weighted by molar-refractivity contribution is -0.139. The third-order valence-electron chi connectivity index (χ3n) is 4.66. The maximum Gasteiger partial charge on any atom is 0.305 e. The van der Waals surface area contributed by atoms with E-state index in [1.54, 1.807) is 57.2 Å². The highest BCUT2D eigenvalue weighted by Gasteiger charge is 2.45. The van der Waals surface area contributed by atoms with E-state index in [1.165, 1.54) is 6.07 Å². The highest BCUT2D eigenvalue weighted by molar-refractivity contribution is 7.92. The minimum Gasteiger partial charge on any atom is -0.481 e. The van der Waals surface area contributed by atoms with Crippen LogP contribution >= 0.6 is 0 Å². The van der Waals surface area contributed by atoms with Gasteiger partial charge in [-0.05, 0) is 16.9 Å². The van der Waals surface area contributed by atoms with Crippen LogP contribution in [0.15, 0.2) is 47.4 Å². The van der Waals surface area contributed by atoms with Gasteiger partial charge in [0.25, 0.3) is 0 Å². The van der Waals surface area contributed by atoms with Crippen molar-refractivity contribution in [2.24, 2.45) is 16.9 Å². The Balaban J connectivity index is 2.59. The Morgan fingerprint density at radius 3 is 2.18 bits per heavy atom. The molecule has 2 rings (SSSR count). The van der Waals surface area contributed by atoms with Crippen molar-refractivity contribution >= 4 is 32.4 Å². The van der Waals surface area contributed by atoms with Crippen LogP contribution in [0, 0.1) is 5.41 Å². The van der Waals surface area contributed by atoms with E-state index in [0.717, 1.165) is 5.39 Å². The molecule has 8 heteroatoms. The summed E-state index contributed by atoms with van der Waals surface area (Å²) in [4.78, 5) is 23.6. The fourth-order valence-corrected chi connectivity index (χ4v) is 5.95. The molecule has 2 aromatic rings. The Morgan fingerprint density at radius 2 is 1.61 bits per heavy atom. The van der Waals surface area contributed by atoms with E-state index in [4.69, 9.17) is 16.6 Å². The molecule has 0 radical (unpaired) electrons. The minimum atomic E-state index is -4.04. The van der Waals surface area contributed by atoms with Crippen molar-refractivity contribution in [3.05, 3.63) is 42.5 Å². The van der Waals surface area contributed by atoms with Crippen LogP contribution in [0.25, 0.3) is 10.8 Å². The van der Waals surface area contributed by atoms with Crippen LogP contribution in [0.2, 0.25) is 0 Å². The number of hydrogen-bond donors (Lipinski definition) is 3. The Bertz CT molecular complexity index is 990. The van der Waals surface area contributed by atoms with E-state index in [-0.39, 0.29) is 4.90 Å². The molecule has 0 amide bonds. The number of nitrogens with two attached hydrogens (primary N) is 2. The molecule has 0 aromatic heterocycles. The van der Waals surface area contributed by atoms with Crippen molar-refractivity contribution in [3.8, 4) is 0 Å². The summed E-state index contributed by atoms with van der Waals surface area (Å²) in [6.45, 7) is 5.03. The number of carboxylic acid groups (broad SMARTS) is 1. The predicted molar refractivity (Wildman–Crippen MR) is 108 cm³/mol. The van der Waals surface area contributed by atoms with E-state index >= 15 is 0 Å². The second-order valence-corrected chi connectivity index (χ2v) is 9.98. The standard InChI is InChI=1S/C20H26N2O5S/c1-20(2,3)19(17(22)18(25)14(21)11-16(23)24)28(26,27)15-10-6-8-12-7-4-5-9-13(12)15/h4-10,14,17,19H,11,21-22H2,1-3H3,(H,23,24)/t14-,17?,19?/m0/s1. The first kappa shape index (κ1) is 22.0. The maximum atomic E-state index is 13.6. The van der Waals surface area contributed by atoms with Gasteiger partial charge in [-0.25, -0.2) is 8.42 Å². The molecule has 0 aliphatic carbocycles. The Labute approximate surface area is 164 Å². The van der Waals surface area contributed by atoms with Crippen LogP contribution in [0.4, 0.5) is 0 Å². The summed E-state index contributed by atoms with van der Waals surface area (Å²) in [6.07, 6.45) is -0.613. The number of carbonyl (C=O) groups excluding carboxylic acids is 1. The third kappa shape index (κ3) is 4.40. The van der Waals surface area contributed by atoms with Crippen molar-refractivity contribution in [2.45, 2.75) is 49.4 Å². The molecule has 28 heavy (non-hydrogen) atoms. The first-order valence-corrected chi connectivity index (χ1v) is 10.4. The molecule has 152 valence electrons. The average molecular weight is 407 g/mol. The van der Waals surface area contributed by atoms with E-state index in [0.29, 0.717) is 5.39 Å². The van der Waals surface area contributed by atoms with Crippen LogP contribution in [-0.2, 0) is 19.4 Å². The summed E-state index contributed by atoms with van der Waals surface area (Å²) >= 11 is 0. The highest BCUT2D eigenvalue weighted by Crippen LogP contribution is 2.35. The van der Waals surface area contributed by atoms with E-state index in [9.17, 15) is 18.0 Å². The number of aliphatic carboxylic acids is 1. The van der Waals surface area contributed by atoms with E-state index < -0.39 is 50.8 Å². The van der Waals surface area contributed by atoms with Gasteiger partial charge in [0.1, 0.15) is 0 Å². The SMILES string of the molecule is CC(C)(C)C(C(N)C(=O)[C@@H](N)CC(=O)O)S(=O)(=O)c1cccc2ccccc12. The molecule has 0 saturated heterocycles. The molecule has 2 aromatic carbocycles. The second-order valence-electron chi connectivity index (χ2n) is 7.94. The fourth-order valence-electron chi connectivity index (χ4n) is 3.46. The molecule has 2 unspecified atom stereocenters. The zero-order chi connectivity index (χ0) is 21.3. The summed E-state index contributed by atoms with van der Waals surface area (Å²) in [6, 6.07) is 9.14. The number of carbonyl (C=O) groups is 2. The average Bonchev–Trinajstić information content (AvgIpc) is 2.58. The highest BCUT2D eigenvalue weighted by atomic mass is 32.2. The summed E-state index contributed by atoms with van der Waals surface area (Å²) in [5.74, 6) is -2.04. The minimum absolute atomic E-state index is 0.0839. The number of fused-ring (bicyclic) bond motifs is 1. The topological polar surface area (TPSA) is 141 Å². The maximum absolute atomic E-state index is 13.6. The number of carboxylic acids is 1. The van der Waals surface area contributed by atoms with Gasteiger partial charge in [0.05, 0.1) is 28.6 Å². The zero-order valence-electron chi connectivity index (χ0n) is 16.1. The molecule has 0 bridgehead atoms. The van der Waals surface area contributed by atoms with Crippen LogP contribution in [0.5, 0.6) is 0 Å². The Hall–Kier alpha value is -2.29. The molecule has 0 saturated carbocycles. The normalized spacial score (nSPS) is 15.8. The van der Waals surface area contributed by atoms with Gasteiger partial charge < -0.3 is 16.6 Å². The Morgan fingerprint density at radius 1 is 1.04 bits per heavy atom. The Kier molecular flexibility index (Phi) is 6.27. The van der Waals surface area contributed by atoms with Gasteiger partial charge >= 0.3 is 5.97 Å². The van der Waals surface area contributed by atoms with Crippen molar-refractivity contribution in [1.82, 2.24) is 0 Å². The number of benzene rings is 2. The molecule has 3 atom stereocenters. The number of Topliss-reactive ketones (excluding diaryl/α,β-unsaturated/α-hetero) is 1. The molecule has 0 aliphatic rings. The van der Waals surface area contributed by atoms with Crippen LogP contribution in [0.1, 0.15) is 27.2 Å². The lowest BCUT2D eigenvalue weighted by Crippen LogP contribution is -2.57. The predicted octanol–water partition coefficient (Wildman–Crippen LogP) is 1.73. The summed E-state index contributed by atoms with van der Waals surface area (Å²) in [5, 5.41) is 8.88. The van der Waals surface area contributed by atoms with Gasteiger partial charge in [-0.2, -0.15) is 0 Å². The fraction of sp³-hybridized carbons (Fsp3) is 0.400. The van der Waals surface area contributed by atoms with Crippen molar-refractivity contribution in [1.29, 1.82) is 0 Å². The van der Waals surface area contributed by atoms with Gasteiger partial charge in [-0.3, -0.25) is 9.59 Å². The van der Waals surface area contributed by atoms with Crippen LogP contribution in [-0.4, -0.2) is 42.6 Å². The molecule has 0 aliphatic heterocycles. The first-order chi connectivity index (χ1) is 12.9. The van der Waals surface area contributed by atoms with Crippen molar-refractivity contribution in [2.75, 3.05) is 0 Å². The number of ketones is 1. The van der Waals surface area contributed by atoms with E-state index in [1.807, 2.05) is 0 Å². The summed E-state index contributed by atoms with van der Waals surface area (Å²) < 4.78 is 27.2. The lowest BCUT2D eigenvalue weighted by Gasteiger charge is -2.35. The van der Waals surface area contributed by atoms with Crippen molar-refractivity contribution in [3.63, 3.8) is 0 Å². The molecular formula is C20H26N2O5S. The zero-order valence-corrected chi connectivity index (χ0v) is 16.9. The second kappa shape index (κ2) is 7.98. The monoisotopic (exact) mass is 406 g/mol. The molecule has 5 N–H and O–H groups in total. The molecule has 7 nitrogen and oxygen atoms in total. The van der Waals surface area contributed by atoms with Crippen LogP contribution < -0.4 is 11.5 Å². The van der Waals surface area contributed by atoms with Gasteiger partial charge in [0.2, 0.25) is 0 Å². The lowest BCUT2D eigenvalue weighted by atomic mass is 9.84. The van der Waals surface area contributed by atoms with Gasteiger partial charge in [0, 0.05) is 5.39 Å². The number of rotatable bonds is 7. The quantitative estimate of drug-likeness (QED) is 0.636. The van der Waals surface area contributed by atoms with Gasteiger partial charge in [0.15, 0.2) is 15.6 Å². The van der Waals surface area contributed by atoms with E-state index in [2.05, 4.69) is 0 Å². The van der Waals surface area contributed by atoms with Gasteiger partial charge in [-0.1, -0.05) is 57.2 Å². The van der Waals surface area contributed by atoms with Gasteiger partial charge in [-0.15, -0.1) is 0 Å². The summed E-state index contributed by atoms with van der Waals surface area (Å²) in [5.41, 5.74) is 10.9. The largest absolute Gasteiger partial charge is 0.481 e. The molecule has 0 heterocycles. The third-order valence-corrected chi connectivity index (χ3v) is 7.30. The summed E-state index contributed by atoms with van der Waals surface area (Å²) in [7, 11) is -4.04. The van der Waals surface area contributed by atoms with Crippen LogP contribution in [0.3, 0.4) is 0 Å². The molecule has 0 spiro atoms. The molecule has 0 fully saturated rings. The smallest absolute Gasteiger partial charge is 0.305 e. The number of hydrogen-bond acceptors (Lipinski definition) is 6. The molecular weight excluding hydrogens is 380 g/mol. The number of sulfone groups is 1. The first-order valence-electron chi connectivity index (χ1n) is 8.85. The van der Waals surface area contributed by atoms with Crippen molar-refractivity contribution < 1.29 is 23.1 Å².